The summed E-state index contributed by atoms with van der Waals surface area (Å²) in [5, 5.41) is 2.85. The van der Waals surface area contributed by atoms with Gasteiger partial charge in [-0.05, 0) is 25.5 Å². The van der Waals surface area contributed by atoms with Crippen molar-refractivity contribution in [2.75, 3.05) is 54.5 Å². The first-order valence-electron chi connectivity index (χ1n) is 11.8. The Kier molecular flexibility index (Phi) is 5.72. The molecular weight excluding hydrogens is 469 g/mol. The van der Waals surface area contributed by atoms with Gasteiger partial charge in [-0.1, -0.05) is 0 Å². The summed E-state index contributed by atoms with van der Waals surface area (Å²) in [6.07, 6.45) is 2.38. The van der Waals surface area contributed by atoms with E-state index in [1.807, 2.05) is 17.9 Å². The van der Waals surface area contributed by atoms with Gasteiger partial charge in [-0.15, -0.1) is 0 Å². The molecule has 6 rings (SSSR count). The number of carbonyl (C=O) groups is 1. The van der Waals surface area contributed by atoms with E-state index >= 15 is 0 Å². The Labute approximate surface area is 205 Å². The fraction of sp³-hybridized carbons (Fsp3) is 0.375. The molecule has 4 aromatic heterocycles. The Hall–Kier alpha value is -4.06. The van der Waals surface area contributed by atoms with Crippen molar-refractivity contribution in [3.63, 3.8) is 0 Å². The number of hydrogen-bond acceptors (Lipinski definition) is 10. The van der Waals surface area contributed by atoms with Crippen LogP contribution in [-0.2, 0) is 4.74 Å². The van der Waals surface area contributed by atoms with Gasteiger partial charge >= 0.3 is 0 Å². The van der Waals surface area contributed by atoms with Crippen LogP contribution in [0.4, 0.5) is 21.9 Å². The quantitative estimate of drug-likeness (QED) is 0.443. The van der Waals surface area contributed by atoms with Gasteiger partial charge in [0.15, 0.2) is 17.1 Å². The predicted molar refractivity (Wildman–Crippen MR) is 129 cm³/mol. The molecule has 186 valence electrons. The summed E-state index contributed by atoms with van der Waals surface area (Å²) in [6.45, 7) is 5.01. The molecule has 0 aromatic carbocycles. The lowest BCUT2D eigenvalue weighted by Crippen LogP contribution is -2.36. The number of amides is 1. The lowest BCUT2D eigenvalue weighted by atomic mass is 10.2. The minimum atomic E-state index is -0.964. The van der Waals surface area contributed by atoms with E-state index in [9.17, 15) is 9.18 Å². The highest BCUT2D eigenvalue weighted by Gasteiger charge is 2.28. The number of morpholine rings is 1. The number of hydrogen-bond donors (Lipinski definition) is 1. The number of oxazole rings is 2. The molecule has 0 radical (unpaired) electrons. The van der Waals surface area contributed by atoms with Crippen LogP contribution < -0.4 is 15.1 Å². The smallest absolute Gasteiger partial charge is 0.300 e. The number of fused-ring (bicyclic) bond motifs is 1. The molecule has 0 unspecified atom stereocenters. The molecule has 4 aromatic rings. The summed E-state index contributed by atoms with van der Waals surface area (Å²) in [7, 11) is 0. The van der Waals surface area contributed by atoms with Crippen LogP contribution in [0.5, 0.6) is 0 Å². The second-order valence-corrected chi connectivity index (χ2v) is 8.79. The van der Waals surface area contributed by atoms with Gasteiger partial charge in [-0.2, -0.15) is 4.98 Å². The Morgan fingerprint density at radius 3 is 2.78 bits per heavy atom. The normalized spacial score (nSPS) is 18.2. The Bertz CT molecular complexity index is 1410. The summed E-state index contributed by atoms with van der Waals surface area (Å²) in [4.78, 5) is 34.6. The topological polar surface area (TPSA) is 123 Å². The maximum atomic E-state index is 14.0. The second kappa shape index (κ2) is 9.19. The monoisotopic (exact) mass is 493 g/mol. The third-order valence-corrected chi connectivity index (χ3v) is 6.19. The average Bonchev–Trinajstić information content (AvgIpc) is 3.63. The van der Waals surface area contributed by atoms with Crippen LogP contribution in [0.2, 0.25) is 0 Å². The van der Waals surface area contributed by atoms with Gasteiger partial charge in [0.05, 0.1) is 25.4 Å². The fourth-order valence-electron chi connectivity index (χ4n) is 4.35. The average molecular weight is 493 g/mol. The molecule has 1 atom stereocenters. The van der Waals surface area contributed by atoms with Gasteiger partial charge in [0.2, 0.25) is 11.5 Å². The van der Waals surface area contributed by atoms with Gasteiger partial charge in [0.25, 0.3) is 11.9 Å². The lowest BCUT2D eigenvalue weighted by molar-refractivity contribution is 0.102. The molecule has 2 aliphatic heterocycles. The van der Waals surface area contributed by atoms with Gasteiger partial charge in [-0.25, -0.2) is 14.4 Å². The number of anilines is 3. The van der Waals surface area contributed by atoms with E-state index < -0.39 is 12.1 Å². The number of carbonyl (C=O) groups excluding carboxylic acids is 1. The van der Waals surface area contributed by atoms with Crippen molar-refractivity contribution in [1.29, 1.82) is 0 Å². The number of nitrogens with zero attached hydrogens (tertiary/aromatic N) is 6. The molecule has 0 spiro atoms. The van der Waals surface area contributed by atoms with Crippen LogP contribution in [0.25, 0.3) is 22.7 Å². The van der Waals surface area contributed by atoms with Crippen molar-refractivity contribution in [2.45, 2.75) is 19.5 Å². The van der Waals surface area contributed by atoms with Gasteiger partial charge in [-0.3, -0.25) is 9.78 Å². The zero-order valence-electron chi connectivity index (χ0n) is 19.6. The van der Waals surface area contributed by atoms with Crippen molar-refractivity contribution in [3.8, 4) is 11.5 Å². The third kappa shape index (κ3) is 4.35. The Balaban J connectivity index is 1.31. The van der Waals surface area contributed by atoms with Crippen molar-refractivity contribution in [2.24, 2.45) is 0 Å². The highest BCUT2D eigenvalue weighted by molar-refractivity contribution is 6.05. The molecule has 1 N–H and O–H groups in total. The highest BCUT2D eigenvalue weighted by atomic mass is 19.1. The zero-order chi connectivity index (χ0) is 24.6. The van der Waals surface area contributed by atoms with E-state index in [-0.39, 0.29) is 12.2 Å². The first-order chi connectivity index (χ1) is 17.5. The minimum absolute atomic E-state index is 0.0990. The number of halogens is 1. The van der Waals surface area contributed by atoms with Crippen molar-refractivity contribution >= 4 is 34.7 Å². The number of nitrogens with one attached hydrogen (secondary N) is 1. The number of rotatable bonds is 5. The summed E-state index contributed by atoms with van der Waals surface area (Å²) < 4.78 is 30.9. The van der Waals surface area contributed by atoms with Crippen LogP contribution >= 0.6 is 0 Å². The second-order valence-electron chi connectivity index (χ2n) is 8.79. The molecule has 0 saturated carbocycles. The highest BCUT2D eigenvalue weighted by Crippen LogP contribution is 2.33. The molecule has 6 heterocycles. The summed E-state index contributed by atoms with van der Waals surface area (Å²) in [5.74, 6) is 0.262. The number of pyridine rings is 2. The van der Waals surface area contributed by atoms with Crippen molar-refractivity contribution in [1.82, 2.24) is 19.9 Å². The molecule has 2 saturated heterocycles. The zero-order valence-corrected chi connectivity index (χ0v) is 19.6. The van der Waals surface area contributed by atoms with Gasteiger partial charge in [0, 0.05) is 43.2 Å². The first-order valence-corrected chi connectivity index (χ1v) is 11.8. The first kappa shape index (κ1) is 22.4. The van der Waals surface area contributed by atoms with Crippen LogP contribution in [0, 0.1) is 6.92 Å². The van der Waals surface area contributed by atoms with E-state index in [0.717, 1.165) is 5.69 Å². The predicted octanol–water partition coefficient (Wildman–Crippen LogP) is 3.22. The maximum Gasteiger partial charge on any atom is 0.300 e. The molecule has 2 fully saturated rings. The molecular formula is C24H24FN7O4. The van der Waals surface area contributed by atoms with E-state index in [1.54, 1.807) is 23.2 Å². The number of aromatic nitrogens is 4. The van der Waals surface area contributed by atoms with Gasteiger partial charge < -0.3 is 28.7 Å². The van der Waals surface area contributed by atoms with E-state index in [1.165, 1.54) is 6.26 Å². The molecule has 0 aliphatic carbocycles. The van der Waals surface area contributed by atoms with Crippen LogP contribution in [0.15, 0.2) is 39.5 Å². The van der Waals surface area contributed by atoms with E-state index in [2.05, 4.69) is 25.3 Å². The maximum absolute atomic E-state index is 14.0. The van der Waals surface area contributed by atoms with Crippen LogP contribution in [0.1, 0.15) is 22.6 Å². The molecule has 12 heteroatoms. The van der Waals surface area contributed by atoms with Gasteiger partial charge in [0.1, 0.15) is 12.4 Å². The number of aryl methyl sites for hydroxylation is 1. The van der Waals surface area contributed by atoms with Crippen LogP contribution in [0.3, 0.4) is 0 Å². The largest absolute Gasteiger partial charge is 0.444 e. The van der Waals surface area contributed by atoms with Crippen molar-refractivity contribution in [3.05, 3.63) is 42.0 Å². The summed E-state index contributed by atoms with van der Waals surface area (Å²) in [6, 6.07) is 5.69. The summed E-state index contributed by atoms with van der Waals surface area (Å²) in [5.41, 5.74) is 2.82. The third-order valence-electron chi connectivity index (χ3n) is 6.19. The number of alkyl halides is 1. The molecule has 1 amide bonds. The lowest BCUT2D eigenvalue weighted by Gasteiger charge is -2.24. The molecule has 36 heavy (non-hydrogen) atoms. The Morgan fingerprint density at radius 1 is 1.14 bits per heavy atom. The molecule has 11 nitrogen and oxygen atoms in total. The SMILES string of the molecule is Cc1cc(-c2nc(C(=O)Nc3cc4oc(N5CCOCC5)nc4nc3N3CC[C@@H](F)C3)co2)ccn1. The molecule has 2 aliphatic rings. The van der Waals surface area contributed by atoms with Crippen LogP contribution in [-0.4, -0.2) is 71.4 Å². The Morgan fingerprint density at radius 2 is 2.00 bits per heavy atom. The molecule has 0 bridgehead atoms. The van der Waals surface area contributed by atoms with Crippen molar-refractivity contribution < 1.29 is 22.8 Å². The number of ether oxygens (including phenoxy) is 1. The standard InChI is InChI=1S/C24H24FN7O4/c1-14-10-15(2-4-26-14)23-28-18(13-35-23)22(33)27-17-11-19-20(29-21(17)32-5-3-16(25)12-32)30-24(36-19)31-6-8-34-9-7-31/h2,4,10-11,13,16H,3,5-9,12H2,1H3,(H,27,33)/t16-/m1/s1. The summed E-state index contributed by atoms with van der Waals surface area (Å²) >= 11 is 0. The van der Waals surface area contributed by atoms with E-state index in [4.69, 9.17) is 13.6 Å². The van der Waals surface area contributed by atoms with E-state index in [0.29, 0.717) is 79.5 Å². The fourth-order valence-corrected chi connectivity index (χ4v) is 4.35. The minimum Gasteiger partial charge on any atom is -0.444 e.